The first-order valence-corrected chi connectivity index (χ1v) is 13.4. The summed E-state index contributed by atoms with van der Waals surface area (Å²) in [6, 6.07) is 12.1. The summed E-state index contributed by atoms with van der Waals surface area (Å²) in [4.78, 5) is 30.8. The number of hydrogen-bond donors (Lipinski definition) is 0. The second kappa shape index (κ2) is 13.5. The predicted octanol–water partition coefficient (Wildman–Crippen LogP) is 6.13. The molecule has 36 heavy (non-hydrogen) atoms. The molecule has 6 heteroatoms. The lowest BCUT2D eigenvalue weighted by Gasteiger charge is -2.39. The van der Waals surface area contributed by atoms with E-state index in [1.807, 2.05) is 49.2 Å². The second-order valence-electron chi connectivity index (χ2n) is 10.9. The van der Waals surface area contributed by atoms with Crippen molar-refractivity contribution in [2.24, 2.45) is 5.92 Å². The SMILES string of the molecule is CCCCC(CC)C(=O)N(CC(=O)N(Cc1cccn1Cc1cccc(OC)c1)C(C)(C)C)C(C)C. The molecule has 0 saturated heterocycles. The molecule has 0 aliphatic rings. The van der Waals surface area contributed by atoms with Crippen molar-refractivity contribution in [1.82, 2.24) is 14.4 Å². The zero-order chi connectivity index (χ0) is 26.9. The van der Waals surface area contributed by atoms with Crippen molar-refractivity contribution in [2.45, 2.75) is 98.8 Å². The van der Waals surface area contributed by atoms with E-state index in [9.17, 15) is 9.59 Å². The first-order valence-electron chi connectivity index (χ1n) is 13.4. The Morgan fingerprint density at radius 2 is 1.81 bits per heavy atom. The smallest absolute Gasteiger partial charge is 0.242 e. The molecule has 0 radical (unpaired) electrons. The van der Waals surface area contributed by atoms with Gasteiger partial charge in [-0.1, -0.05) is 38.8 Å². The Kier molecular flexibility index (Phi) is 11.1. The molecule has 1 heterocycles. The monoisotopic (exact) mass is 497 g/mol. The third-order valence-electron chi connectivity index (χ3n) is 6.80. The van der Waals surface area contributed by atoms with Gasteiger partial charge in [0.2, 0.25) is 11.8 Å². The number of rotatable bonds is 13. The van der Waals surface area contributed by atoms with Gasteiger partial charge in [0.05, 0.1) is 13.7 Å². The number of unbranched alkanes of at least 4 members (excludes halogenated alkanes) is 1. The standard InChI is InChI=1S/C30H47N3O3/c1-9-11-15-25(10-2)29(35)32(23(3)4)22-28(34)33(30(5,6)7)21-26-16-13-18-31(26)20-24-14-12-17-27(19-24)36-8/h12-14,16-19,23,25H,9-11,15,20-22H2,1-8H3. The molecule has 2 rings (SSSR count). The summed E-state index contributed by atoms with van der Waals surface area (Å²) in [7, 11) is 1.67. The number of hydrogen-bond acceptors (Lipinski definition) is 3. The lowest BCUT2D eigenvalue weighted by molar-refractivity contribution is -0.147. The minimum absolute atomic E-state index is 0.0241. The molecule has 0 N–H and O–H groups in total. The molecule has 0 fully saturated rings. The maximum Gasteiger partial charge on any atom is 0.242 e. The van der Waals surface area contributed by atoms with Crippen LogP contribution in [0.1, 0.15) is 85.4 Å². The Bertz CT molecular complexity index is 974. The molecule has 0 saturated carbocycles. The molecule has 200 valence electrons. The van der Waals surface area contributed by atoms with Gasteiger partial charge in [-0.15, -0.1) is 0 Å². The van der Waals surface area contributed by atoms with Gasteiger partial charge in [-0.2, -0.15) is 0 Å². The van der Waals surface area contributed by atoms with Gasteiger partial charge in [0.25, 0.3) is 0 Å². The van der Waals surface area contributed by atoms with E-state index in [0.717, 1.165) is 42.7 Å². The van der Waals surface area contributed by atoms with Crippen LogP contribution in [0.15, 0.2) is 42.6 Å². The molecule has 1 aromatic carbocycles. The van der Waals surface area contributed by atoms with Crippen molar-refractivity contribution in [2.75, 3.05) is 13.7 Å². The topological polar surface area (TPSA) is 54.8 Å². The second-order valence-corrected chi connectivity index (χ2v) is 10.9. The van der Waals surface area contributed by atoms with Crippen molar-refractivity contribution in [1.29, 1.82) is 0 Å². The molecule has 0 aliphatic heterocycles. The summed E-state index contributed by atoms with van der Waals surface area (Å²) in [5.41, 5.74) is 1.80. The molecular formula is C30H47N3O3. The summed E-state index contributed by atoms with van der Waals surface area (Å²) < 4.78 is 7.54. The Hall–Kier alpha value is -2.76. The van der Waals surface area contributed by atoms with E-state index in [1.165, 1.54) is 0 Å². The third kappa shape index (κ3) is 8.14. The number of ether oxygens (including phenoxy) is 1. The number of nitrogens with zero attached hydrogens (tertiary/aromatic N) is 3. The van der Waals surface area contributed by atoms with E-state index in [-0.39, 0.29) is 35.9 Å². The Morgan fingerprint density at radius 3 is 2.39 bits per heavy atom. The van der Waals surface area contributed by atoms with Crippen LogP contribution in [0.25, 0.3) is 0 Å². The summed E-state index contributed by atoms with van der Waals surface area (Å²) in [6.45, 7) is 15.6. The average Bonchev–Trinajstić information content (AvgIpc) is 3.26. The van der Waals surface area contributed by atoms with Crippen molar-refractivity contribution < 1.29 is 14.3 Å². The number of aromatic nitrogens is 1. The van der Waals surface area contributed by atoms with Crippen molar-refractivity contribution in [3.63, 3.8) is 0 Å². The maximum absolute atomic E-state index is 13.7. The zero-order valence-electron chi connectivity index (χ0n) is 23.7. The number of benzene rings is 1. The Morgan fingerprint density at radius 1 is 1.08 bits per heavy atom. The first kappa shape index (κ1) is 29.5. The highest BCUT2D eigenvalue weighted by atomic mass is 16.5. The number of methoxy groups -OCH3 is 1. The van der Waals surface area contributed by atoms with Gasteiger partial charge in [0, 0.05) is 35.9 Å². The highest BCUT2D eigenvalue weighted by molar-refractivity contribution is 5.86. The van der Waals surface area contributed by atoms with E-state index in [0.29, 0.717) is 13.1 Å². The molecule has 0 aliphatic carbocycles. The summed E-state index contributed by atoms with van der Waals surface area (Å²) >= 11 is 0. The Balaban J connectivity index is 2.23. The highest BCUT2D eigenvalue weighted by Gasteiger charge is 2.32. The fraction of sp³-hybridized carbons (Fsp3) is 0.600. The molecule has 0 spiro atoms. The van der Waals surface area contributed by atoms with Gasteiger partial charge < -0.3 is 19.1 Å². The van der Waals surface area contributed by atoms with Gasteiger partial charge in [-0.25, -0.2) is 0 Å². The maximum atomic E-state index is 13.7. The minimum atomic E-state index is -0.389. The van der Waals surface area contributed by atoms with Crippen LogP contribution in [-0.4, -0.2) is 51.4 Å². The number of carbonyl (C=O) groups excluding carboxylic acids is 2. The average molecular weight is 498 g/mol. The summed E-state index contributed by atoms with van der Waals surface area (Å²) in [6.07, 6.45) is 5.82. The van der Waals surface area contributed by atoms with E-state index in [4.69, 9.17) is 4.74 Å². The quantitative estimate of drug-likeness (QED) is 0.335. The van der Waals surface area contributed by atoms with E-state index < -0.39 is 0 Å². The van der Waals surface area contributed by atoms with Crippen LogP contribution >= 0.6 is 0 Å². The van der Waals surface area contributed by atoms with E-state index >= 15 is 0 Å². The summed E-state index contributed by atoms with van der Waals surface area (Å²) in [5.74, 6) is 0.882. The molecule has 2 aromatic rings. The molecular weight excluding hydrogens is 450 g/mol. The number of amides is 2. The molecule has 1 atom stereocenters. The van der Waals surface area contributed by atoms with E-state index in [2.05, 4.69) is 51.3 Å². The van der Waals surface area contributed by atoms with Gasteiger partial charge in [-0.05, 0) is 77.3 Å². The summed E-state index contributed by atoms with van der Waals surface area (Å²) in [5, 5.41) is 0. The fourth-order valence-electron chi connectivity index (χ4n) is 4.51. The van der Waals surface area contributed by atoms with Crippen LogP contribution in [-0.2, 0) is 22.7 Å². The molecule has 1 unspecified atom stereocenters. The van der Waals surface area contributed by atoms with Crippen molar-refractivity contribution >= 4 is 11.8 Å². The van der Waals surface area contributed by atoms with Gasteiger partial charge >= 0.3 is 0 Å². The third-order valence-corrected chi connectivity index (χ3v) is 6.80. The van der Waals surface area contributed by atoms with Gasteiger partial charge in [0.15, 0.2) is 0 Å². The molecule has 1 aromatic heterocycles. The minimum Gasteiger partial charge on any atom is -0.497 e. The van der Waals surface area contributed by atoms with Crippen LogP contribution in [0.3, 0.4) is 0 Å². The van der Waals surface area contributed by atoms with Crippen LogP contribution in [0.4, 0.5) is 0 Å². The van der Waals surface area contributed by atoms with Gasteiger partial charge in [-0.3, -0.25) is 9.59 Å². The predicted molar refractivity (Wildman–Crippen MR) is 147 cm³/mol. The van der Waals surface area contributed by atoms with Crippen LogP contribution in [0.2, 0.25) is 0 Å². The normalized spacial score (nSPS) is 12.5. The lowest BCUT2D eigenvalue weighted by atomic mass is 9.97. The fourth-order valence-corrected chi connectivity index (χ4v) is 4.51. The van der Waals surface area contributed by atoms with Crippen LogP contribution in [0, 0.1) is 5.92 Å². The first-order chi connectivity index (χ1) is 17.0. The number of carbonyl (C=O) groups is 2. The van der Waals surface area contributed by atoms with Crippen LogP contribution < -0.4 is 4.74 Å². The zero-order valence-corrected chi connectivity index (χ0v) is 23.7. The largest absolute Gasteiger partial charge is 0.497 e. The molecule has 2 amide bonds. The van der Waals surface area contributed by atoms with E-state index in [1.54, 1.807) is 12.0 Å². The van der Waals surface area contributed by atoms with Gasteiger partial charge in [0.1, 0.15) is 12.3 Å². The molecule has 0 bridgehead atoms. The van der Waals surface area contributed by atoms with Crippen molar-refractivity contribution in [3.8, 4) is 5.75 Å². The molecule has 6 nitrogen and oxygen atoms in total. The Labute approximate surface area is 218 Å². The highest BCUT2D eigenvalue weighted by Crippen LogP contribution is 2.22. The lowest BCUT2D eigenvalue weighted by Crippen LogP contribution is -2.52. The van der Waals surface area contributed by atoms with Crippen molar-refractivity contribution in [3.05, 3.63) is 53.9 Å². The van der Waals surface area contributed by atoms with Crippen LogP contribution in [0.5, 0.6) is 5.75 Å².